The van der Waals surface area contributed by atoms with Gasteiger partial charge in [0.25, 0.3) is 0 Å². The summed E-state index contributed by atoms with van der Waals surface area (Å²) in [7, 11) is 0. The summed E-state index contributed by atoms with van der Waals surface area (Å²) in [6.07, 6.45) is -3.29. The van der Waals surface area contributed by atoms with Gasteiger partial charge in [-0.3, -0.25) is 0 Å². The van der Waals surface area contributed by atoms with E-state index in [0.29, 0.717) is 5.82 Å². The van der Waals surface area contributed by atoms with Gasteiger partial charge in [0, 0.05) is 6.20 Å². The molecule has 114 valence electrons. The van der Waals surface area contributed by atoms with E-state index in [4.69, 9.17) is 10.00 Å². The highest BCUT2D eigenvalue weighted by molar-refractivity contribution is 5.35. The third kappa shape index (κ3) is 4.05. The quantitative estimate of drug-likeness (QED) is 0.853. The Bertz CT molecular complexity index is 667. The van der Waals surface area contributed by atoms with Crippen LogP contribution in [0.5, 0.6) is 5.88 Å². The Morgan fingerprint density at radius 2 is 2.05 bits per heavy atom. The van der Waals surface area contributed by atoms with Crippen molar-refractivity contribution < 1.29 is 17.9 Å². The zero-order valence-electron chi connectivity index (χ0n) is 11.1. The number of halogens is 3. The van der Waals surface area contributed by atoms with E-state index in [-0.39, 0.29) is 18.8 Å². The second-order valence-electron chi connectivity index (χ2n) is 4.04. The zero-order valence-corrected chi connectivity index (χ0v) is 11.1. The molecule has 2 aromatic heterocycles. The normalized spacial score (nSPS) is 10.8. The van der Waals surface area contributed by atoms with Crippen LogP contribution in [-0.2, 0) is 6.18 Å². The van der Waals surface area contributed by atoms with Gasteiger partial charge in [-0.25, -0.2) is 4.98 Å². The highest BCUT2D eigenvalue weighted by atomic mass is 19.4. The third-order valence-electron chi connectivity index (χ3n) is 2.50. The smallest absolute Gasteiger partial charge is 0.421 e. The van der Waals surface area contributed by atoms with Crippen LogP contribution in [0.3, 0.4) is 0 Å². The lowest BCUT2D eigenvalue weighted by atomic mass is 10.2. The first kappa shape index (κ1) is 15.5. The maximum atomic E-state index is 12.7. The van der Waals surface area contributed by atoms with Crippen molar-refractivity contribution in [2.45, 2.75) is 6.18 Å². The summed E-state index contributed by atoms with van der Waals surface area (Å²) in [6.45, 7) is 0.163. The minimum absolute atomic E-state index is 0.0399. The SMILES string of the molecule is N#Cc1ccc(NCCOc2ncccc2C(F)(F)F)nn1. The molecule has 0 amide bonds. The fraction of sp³-hybridized carbons (Fsp3) is 0.231. The van der Waals surface area contributed by atoms with Crippen molar-refractivity contribution in [2.24, 2.45) is 0 Å². The van der Waals surface area contributed by atoms with Crippen molar-refractivity contribution in [3.63, 3.8) is 0 Å². The minimum Gasteiger partial charge on any atom is -0.475 e. The van der Waals surface area contributed by atoms with E-state index in [0.717, 1.165) is 6.07 Å². The standard InChI is InChI=1S/C13H10F3N5O/c14-13(15,16)10-2-1-5-19-12(10)22-7-6-18-11-4-3-9(8-17)20-21-11/h1-5H,6-7H2,(H,18,21). The van der Waals surface area contributed by atoms with E-state index in [9.17, 15) is 13.2 Å². The Hall–Kier alpha value is -2.89. The van der Waals surface area contributed by atoms with Crippen molar-refractivity contribution in [3.8, 4) is 11.9 Å². The summed E-state index contributed by atoms with van der Waals surface area (Å²) in [5.74, 6) is -0.0811. The van der Waals surface area contributed by atoms with Crippen LogP contribution < -0.4 is 10.1 Å². The minimum atomic E-state index is -4.52. The molecule has 0 saturated carbocycles. The molecule has 0 saturated heterocycles. The number of ether oxygens (including phenoxy) is 1. The van der Waals surface area contributed by atoms with Gasteiger partial charge in [0.2, 0.25) is 5.88 Å². The zero-order chi connectivity index (χ0) is 16.0. The Morgan fingerprint density at radius 1 is 1.23 bits per heavy atom. The second kappa shape index (κ2) is 6.71. The molecule has 0 unspecified atom stereocenters. The largest absolute Gasteiger partial charge is 0.475 e. The first-order valence-electron chi connectivity index (χ1n) is 6.13. The molecule has 2 aromatic rings. The van der Waals surface area contributed by atoms with Crippen molar-refractivity contribution in [3.05, 3.63) is 41.7 Å². The second-order valence-corrected chi connectivity index (χ2v) is 4.04. The molecule has 0 fully saturated rings. The molecule has 2 heterocycles. The van der Waals surface area contributed by atoms with Gasteiger partial charge in [-0.1, -0.05) is 0 Å². The van der Waals surface area contributed by atoms with Gasteiger partial charge in [0.15, 0.2) is 5.69 Å². The summed E-state index contributed by atoms with van der Waals surface area (Å²) in [6, 6.07) is 6.93. The number of alkyl halides is 3. The topological polar surface area (TPSA) is 83.7 Å². The Labute approximate surface area is 123 Å². The predicted octanol–water partition coefficient (Wildman–Crippen LogP) is 2.25. The average Bonchev–Trinajstić information content (AvgIpc) is 2.51. The molecule has 1 N–H and O–H groups in total. The fourth-order valence-corrected chi connectivity index (χ4v) is 1.53. The van der Waals surface area contributed by atoms with E-state index < -0.39 is 17.6 Å². The summed E-state index contributed by atoms with van der Waals surface area (Å²) in [5.41, 5.74) is -0.752. The molecule has 0 aliphatic rings. The van der Waals surface area contributed by atoms with Gasteiger partial charge in [0.1, 0.15) is 24.1 Å². The van der Waals surface area contributed by atoms with Crippen LogP contribution in [0.25, 0.3) is 0 Å². The summed E-state index contributed by atoms with van der Waals surface area (Å²) < 4.78 is 43.2. The van der Waals surface area contributed by atoms with Crippen molar-refractivity contribution >= 4 is 5.82 Å². The molecular formula is C13H10F3N5O. The van der Waals surface area contributed by atoms with E-state index in [1.54, 1.807) is 0 Å². The summed E-state index contributed by atoms with van der Waals surface area (Å²) in [5, 5.41) is 18.7. The average molecular weight is 309 g/mol. The van der Waals surface area contributed by atoms with E-state index in [1.165, 1.54) is 24.4 Å². The maximum absolute atomic E-state index is 12.7. The monoisotopic (exact) mass is 309 g/mol. The molecule has 22 heavy (non-hydrogen) atoms. The number of aromatic nitrogens is 3. The molecule has 0 atom stereocenters. The number of nitriles is 1. The molecule has 6 nitrogen and oxygen atoms in total. The highest BCUT2D eigenvalue weighted by Gasteiger charge is 2.34. The lowest BCUT2D eigenvalue weighted by Crippen LogP contribution is -2.16. The highest BCUT2D eigenvalue weighted by Crippen LogP contribution is 2.34. The molecule has 9 heteroatoms. The molecule has 0 aromatic carbocycles. The number of hydrogen-bond donors (Lipinski definition) is 1. The van der Waals surface area contributed by atoms with Crippen molar-refractivity contribution in [1.29, 1.82) is 5.26 Å². The van der Waals surface area contributed by atoms with Gasteiger partial charge in [0.05, 0.1) is 6.54 Å². The molecule has 0 bridgehead atoms. The first-order chi connectivity index (χ1) is 10.5. The summed E-state index contributed by atoms with van der Waals surface area (Å²) >= 11 is 0. The number of rotatable bonds is 5. The lowest BCUT2D eigenvalue weighted by molar-refractivity contribution is -0.139. The van der Waals surface area contributed by atoms with Crippen LogP contribution in [0, 0.1) is 11.3 Å². The Kier molecular flexibility index (Phi) is 4.73. The van der Waals surface area contributed by atoms with Gasteiger partial charge in [-0.15, -0.1) is 10.2 Å². The van der Waals surface area contributed by atoms with Gasteiger partial charge >= 0.3 is 6.18 Å². The lowest BCUT2D eigenvalue weighted by Gasteiger charge is -2.12. The Balaban J connectivity index is 1.88. The van der Waals surface area contributed by atoms with Crippen LogP contribution in [-0.4, -0.2) is 28.3 Å². The van der Waals surface area contributed by atoms with E-state index in [1.807, 2.05) is 6.07 Å². The van der Waals surface area contributed by atoms with Crippen LogP contribution >= 0.6 is 0 Å². The van der Waals surface area contributed by atoms with Crippen molar-refractivity contribution in [2.75, 3.05) is 18.5 Å². The first-order valence-corrected chi connectivity index (χ1v) is 6.13. The number of nitrogens with one attached hydrogen (secondary N) is 1. The number of nitrogens with zero attached hydrogens (tertiary/aromatic N) is 4. The number of pyridine rings is 1. The van der Waals surface area contributed by atoms with Crippen LogP contribution in [0.2, 0.25) is 0 Å². The maximum Gasteiger partial charge on any atom is 0.421 e. The Morgan fingerprint density at radius 3 is 2.68 bits per heavy atom. The van der Waals surface area contributed by atoms with Gasteiger partial charge in [-0.2, -0.15) is 18.4 Å². The van der Waals surface area contributed by atoms with Gasteiger partial charge < -0.3 is 10.1 Å². The molecule has 2 rings (SSSR count). The third-order valence-corrected chi connectivity index (χ3v) is 2.50. The number of hydrogen-bond acceptors (Lipinski definition) is 6. The number of anilines is 1. The molecule has 0 aliphatic heterocycles. The van der Waals surface area contributed by atoms with Gasteiger partial charge in [-0.05, 0) is 24.3 Å². The van der Waals surface area contributed by atoms with E-state index >= 15 is 0 Å². The molecule has 0 aliphatic carbocycles. The predicted molar refractivity (Wildman–Crippen MR) is 70.0 cm³/mol. The fourth-order valence-electron chi connectivity index (χ4n) is 1.53. The van der Waals surface area contributed by atoms with Crippen molar-refractivity contribution in [1.82, 2.24) is 15.2 Å². The molecule has 0 radical (unpaired) electrons. The molecular weight excluding hydrogens is 299 g/mol. The van der Waals surface area contributed by atoms with Crippen LogP contribution in [0.1, 0.15) is 11.3 Å². The van der Waals surface area contributed by atoms with Crippen LogP contribution in [0.15, 0.2) is 30.5 Å². The summed E-state index contributed by atoms with van der Waals surface area (Å²) in [4.78, 5) is 3.58. The van der Waals surface area contributed by atoms with E-state index in [2.05, 4.69) is 20.5 Å². The van der Waals surface area contributed by atoms with Crippen LogP contribution in [0.4, 0.5) is 19.0 Å². The molecule has 0 spiro atoms.